The molecule has 3 aromatic rings. The van der Waals surface area contributed by atoms with Crippen molar-refractivity contribution >= 4 is 12.3 Å². The van der Waals surface area contributed by atoms with Crippen molar-refractivity contribution < 1.29 is 24.2 Å². The van der Waals surface area contributed by atoms with Crippen LogP contribution in [0.3, 0.4) is 0 Å². The van der Waals surface area contributed by atoms with Crippen molar-refractivity contribution in [1.29, 1.82) is 0 Å². The molecular weight excluding hydrogens is 344 g/mol. The number of para-hydroxylation sites is 2. The number of aldehydes is 1. The lowest BCUT2D eigenvalue weighted by molar-refractivity contribution is 0.0691. The molecule has 0 fully saturated rings. The molecule has 0 bridgehead atoms. The molecule has 5 nitrogen and oxygen atoms in total. The third-order valence-electron chi connectivity index (χ3n) is 4.05. The Morgan fingerprint density at radius 1 is 0.778 bits per heavy atom. The molecule has 0 unspecified atom stereocenters. The molecule has 0 saturated carbocycles. The summed E-state index contributed by atoms with van der Waals surface area (Å²) in [5.41, 5.74) is 2.38. The second kappa shape index (κ2) is 8.67. The molecule has 3 aromatic carbocycles. The van der Waals surface area contributed by atoms with E-state index in [1.807, 2.05) is 24.3 Å². The maximum Gasteiger partial charge on any atom is 0.339 e. The van der Waals surface area contributed by atoms with Gasteiger partial charge in [0.2, 0.25) is 0 Å². The van der Waals surface area contributed by atoms with Crippen LogP contribution in [0.5, 0.6) is 11.5 Å². The first-order valence-electron chi connectivity index (χ1n) is 8.38. The van der Waals surface area contributed by atoms with Crippen molar-refractivity contribution in [3.05, 3.63) is 95.1 Å². The summed E-state index contributed by atoms with van der Waals surface area (Å²) in [4.78, 5) is 22.4. The lowest BCUT2D eigenvalue weighted by atomic mass is 10.1. The summed E-state index contributed by atoms with van der Waals surface area (Å²) in [6.07, 6.45) is 0.757. The van der Waals surface area contributed by atoms with Gasteiger partial charge in [0, 0.05) is 0 Å². The van der Waals surface area contributed by atoms with Crippen LogP contribution in [0.2, 0.25) is 0 Å². The van der Waals surface area contributed by atoms with Crippen molar-refractivity contribution in [1.82, 2.24) is 0 Å². The average molecular weight is 362 g/mol. The Bertz CT molecular complexity index is 949. The van der Waals surface area contributed by atoms with Crippen molar-refractivity contribution in [2.24, 2.45) is 0 Å². The van der Waals surface area contributed by atoms with Crippen molar-refractivity contribution in [3.63, 3.8) is 0 Å². The van der Waals surface area contributed by atoms with Crippen molar-refractivity contribution in [2.75, 3.05) is 0 Å². The van der Waals surface area contributed by atoms with Gasteiger partial charge in [-0.15, -0.1) is 0 Å². The Hall–Kier alpha value is -3.60. The second-order valence-corrected chi connectivity index (χ2v) is 5.80. The van der Waals surface area contributed by atoms with Crippen molar-refractivity contribution in [2.45, 2.75) is 13.2 Å². The molecule has 0 radical (unpaired) electrons. The van der Waals surface area contributed by atoms with Gasteiger partial charge in [0.05, 0.1) is 5.56 Å². The highest BCUT2D eigenvalue weighted by molar-refractivity contribution is 5.90. The molecule has 0 aliphatic carbocycles. The predicted octanol–water partition coefficient (Wildman–Crippen LogP) is 4.36. The third-order valence-corrected chi connectivity index (χ3v) is 4.05. The van der Waals surface area contributed by atoms with Crippen LogP contribution in [0.4, 0.5) is 0 Å². The van der Waals surface area contributed by atoms with E-state index in [1.165, 1.54) is 6.07 Å². The topological polar surface area (TPSA) is 72.8 Å². The van der Waals surface area contributed by atoms with Crippen LogP contribution < -0.4 is 9.47 Å². The number of ether oxygens (including phenoxy) is 2. The minimum absolute atomic E-state index is 0.117. The molecule has 0 aromatic heterocycles. The van der Waals surface area contributed by atoms with E-state index in [0.29, 0.717) is 17.1 Å². The van der Waals surface area contributed by atoms with Crippen LogP contribution in [-0.2, 0) is 13.2 Å². The van der Waals surface area contributed by atoms with E-state index in [2.05, 4.69) is 0 Å². The Morgan fingerprint density at radius 3 is 1.93 bits per heavy atom. The number of carbonyl (C=O) groups is 2. The number of rotatable bonds is 8. The largest absolute Gasteiger partial charge is 0.488 e. The van der Waals surface area contributed by atoms with Gasteiger partial charge in [-0.25, -0.2) is 4.79 Å². The van der Waals surface area contributed by atoms with Crippen LogP contribution in [0.25, 0.3) is 0 Å². The average Bonchev–Trinajstić information content (AvgIpc) is 2.71. The summed E-state index contributed by atoms with van der Waals surface area (Å²) in [7, 11) is 0. The lowest BCUT2D eigenvalue weighted by Crippen LogP contribution is -2.06. The zero-order chi connectivity index (χ0) is 19.1. The molecule has 1 N–H and O–H groups in total. The number of carbonyl (C=O) groups excluding carboxylic acids is 1. The molecule has 0 saturated heterocycles. The highest BCUT2D eigenvalue weighted by Gasteiger charge is 2.11. The highest BCUT2D eigenvalue weighted by atomic mass is 16.5. The van der Waals surface area contributed by atoms with E-state index in [0.717, 1.165) is 17.4 Å². The summed E-state index contributed by atoms with van der Waals surface area (Å²) < 4.78 is 11.5. The number of benzene rings is 3. The Morgan fingerprint density at radius 2 is 1.30 bits per heavy atom. The zero-order valence-corrected chi connectivity index (χ0v) is 14.5. The summed E-state index contributed by atoms with van der Waals surface area (Å²) >= 11 is 0. The van der Waals surface area contributed by atoms with Gasteiger partial charge in [-0.2, -0.15) is 0 Å². The minimum atomic E-state index is -1.03. The summed E-state index contributed by atoms with van der Waals surface area (Å²) in [6.45, 7) is 0.476. The summed E-state index contributed by atoms with van der Waals surface area (Å²) in [5.74, 6) is -0.209. The quantitative estimate of drug-likeness (QED) is 0.603. The molecule has 0 spiro atoms. The summed E-state index contributed by atoms with van der Waals surface area (Å²) in [5, 5.41) is 9.25. The molecule has 5 heteroatoms. The number of hydrogen-bond acceptors (Lipinski definition) is 4. The standard InChI is InChI=1S/C22H18O5/c23-13-16-7-3-5-11-20(16)26-14-17-8-1-2-9-18(17)15-27-21-12-6-4-10-19(21)22(24)25/h1-13H,14-15H2,(H,24,25). The Balaban J connectivity index is 1.73. The first-order valence-corrected chi connectivity index (χ1v) is 8.38. The number of aromatic carboxylic acids is 1. The molecule has 27 heavy (non-hydrogen) atoms. The van der Waals surface area contributed by atoms with Crippen LogP contribution in [-0.4, -0.2) is 17.4 Å². The number of carboxylic acid groups (broad SMARTS) is 1. The maximum atomic E-state index is 11.3. The third kappa shape index (κ3) is 4.52. The molecule has 136 valence electrons. The SMILES string of the molecule is O=Cc1ccccc1OCc1ccccc1COc1ccccc1C(=O)O. The van der Waals surface area contributed by atoms with E-state index >= 15 is 0 Å². The van der Waals surface area contributed by atoms with E-state index in [-0.39, 0.29) is 18.8 Å². The number of carboxylic acids is 1. The fraction of sp³-hybridized carbons (Fsp3) is 0.0909. The number of hydrogen-bond donors (Lipinski definition) is 1. The Labute approximate surface area is 156 Å². The fourth-order valence-electron chi connectivity index (χ4n) is 2.63. The van der Waals surface area contributed by atoms with Gasteiger partial charge in [-0.3, -0.25) is 4.79 Å². The Kier molecular flexibility index (Phi) is 5.84. The monoisotopic (exact) mass is 362 g/mol. The second-order valence-electron chi connectivity index (χ2n) is 5.80. The molecule has 0 aliphatic rings. The minimum Gasteiger partial charge on any atom is -0.488 e. The van der Waals surface area contributed by atoms with E-state index in [4.69, 9.17) is 9.47 Å². The molecule has 0 aliphatic heterocycles. The fourth-order valence-corrected chi connectivity index (χ4v) is 2.63. The first-order chi connectivity index (χ1) is 13.2. The van der Waals surface area contributed by atoms with Gasteiger partial charge in [-0.1, -0.05) is 48.5 Å². The van der Waals surface area contributed by atoms with Gasteiger partial charge >= 0.3 is 5.97 Å². The zero-order valence-electron chi connectivity index (χ0n) is 14.5. The van der Waals surface area contributed by atoms with E-state index < -0.39 is 5.97 Å². The molecular formula is C22H18O5. The molecule has 0 amide bonds. The van der Waals surface area contributed by atoms with Crippen LogP contribution in [0.1, 0.15) is 31.8 Å². The molecule has 0 heterocycles. The van der Waals surface area contributed by atoms with Crippen LogP contribution in [0, 0.1) is 0 Å². The first kappa shape index (κ1) is 18.2. The van der Waals surface area contributed by atoms with Crippen molar-refractivity contribution in [3.8, 4) is 11.5 Å². The van der Waals surface area contributed by atoms with E-state index in [9.17, 15) is 14.7 Å². The lowest BCUT2D eigenvalue weighted by Gasteiger charge is -2.14. The molecule has 3 rings (SSSR count). The van der Waals surface area contributed by atoms with E-state index in [1.54, 1.807) is 42.5 Å². The van der Waals surface area contributed by atoms with Gasteiger partial charge in [0.1, 0.15) is 30.3 Å². The van der Waals surface area contributed by atoms with Gasteiger partial charge < -0.3 is 14.6 Å². The van der Waals surface area contributed by atoms with Gasteiger partial charge in [-0.05, 0) is 35.4 Å². The maximum absolute atomic E-state index is 11.3. The van der Waals surface area contributed by atoms with Gasteiger partial charge in [0.15, 0.2) is 6.29 Å². The van der Waals surface area contributed by atoms with Crippen LogP contribution in [0.15, 0.2) is 72.8 Å². The highest BCUT2D eigenvalue weighted by Crippen LogP contribution is 2.22. The molecule has 0 atom stereocenters. The smallest absolute Gasteiger partial charge is 0.339 e. The van der Waals surface area contributed by atoms with Gasteiger partial charge in [0.25, 0.3) is 0 Å². The van der Waals surface area contributed by atoms with Crippen LogP contribution >= 0.6 is 0 Å². The summed E-state index contributed by atoms with van der Waals surface area (Å²) in [6, 6.07) is 21.1. The predicted molar refractivity (Wildman–Crippen MR) is 100 cm³/mol. The normalized spacial score (nSPS) is 10.2.